The zero-order valence-corrected chi connectivity index (χ0v) is 9.87. The number of aliphatic hydroxyl groups is 1. The van der Waals surface area contributed by atoms with E-state index in [4.69, 9.17) is 5.11 Å². The van der Waals surface area contributed by atoms with E-state index in [-0.39, 0.29) is 12.6 Å². The van der Waals surface area contributed by atoms with E-state index in [0.29, 0.717) is 6.42 Å². The second-order valence-electron chi connectivity index (χ2n) is 3.77. The van der Waals surface area contributed by atoms with Gasteiger partial charge in [0, 0.05) is 13.0 Å². The maximum atomic E-state index is 10.8. The summed E-state index contributed by atoms with van der Waals surface area (Å²) in [5, 5.41) is 8.60. The van der Waals surface area contributed by atoms with Crippen molar-refractivity contribution in [1.29, 1.82) is 0 Å². The van der Waals surface area contributed by atoms with Crippen molar-refractivity contribution in [3.8, 4) is 0 Å². The van der Waals surface area contributed by atoms with Gasteiger partial charge in [-0.15, -0.1) is 0 Å². The van der Waals surface area contributed by atoms with E-state index in [0.717, 1.165) is 38.8 Å². The quantitative estimate of drug-likeness (QED) is 0.463. The largest absolute Gasteiger partial charge is 0.469 e. The van der Waals surface area contributed by atoms with Crippen LogP contribution in [0.4, 0.5) is 0 Å². The molecular formula is C11H23NO3. The summed E-state index contributed by atoms with van der Waals surface area (Å²) in [7, 11) is 3.47. The normalized spacial score (nSPS) is 10.7. The molecule has 0 aliphatic rings. The lowest BCUT2D eigenvalue weighted by Gasteiger charge is -2.15. The van der Waals surface area contributed by atoms with E-state index in [1.54, 1.807) is 0 Å². The third-order valence-electron chi connectivity index (χ3n) is 2.35. The molecule has 0 saturated heterocycles. The van der Waals surface area contributed by atoms with Crippen LogP contribution in [-0.4, -0.2) is 49.8 Å². The summed E-state index contributed by atoms with van der Waals surface area (Å²) in [5.74, 6) is -0.135. The Morgan fingerprint density at radius 2 is 1.87 bits per heavy atom. The molecule has 0 aromatic heterocycles. The average Bonchev–Trinajstić information content (AvgIpc) is 2.24. The Balaban J connectivity index is 3.25. The van der Waals surface area contributed by atoms with Crippen LogP contribution in [0.2, 0.25) is 0 Å². The number of esters is 1. The van der Waals surface area contributed by atoms with Crippen molar-refractivity contribution in [2.24, 2.45) is 0 Å². The molecule has 0 radical (unpaired) electrons. The number of methoxy groups -OCH3 is 1. The van der Waals surface area contributed by atoms with E-state index in [2.05, 4.69) is 16.7 Å². The lowest BCUT2D eigenvalue weighted by molar-refractivity contribution is -0.140. The minimum absolute atomic E-state index is 0.135. The van der Waals surface area contributed by atoms with Crippen molar-refractivity contribution in [3.63, 3.8) is 0 Å². The summed E-state index contributed by atoms with van der Waals surface area (Å²) in [4.78, 5) is 13.0. The highest BCUT2D eigenvalue weighted by atomic mass is 16.5. The molecule has 1 N–H and O–H groups in total. The summed E-state index contributed by atoms with van der Waals surface area (Å²) >= 11 is 0. The van der Waals surface area contributed by atoms with Gasteiger partial charge in [0.05, 0.1) is 7.11 Å². The van der Waals surface area contributed by atoms with Gasteiger partial charge in [-0.2, -0.15) is 0 Å². The Kier molecular flexibility index (Phi) is 9.52. The maximum Gasteiger partial charge on any atom is 0.305 e. The van der Waals surface area contributed by atoms with Gasteiger partial charge in [-0.1, -0.05) is 0 Å². The Bertz CT molecular complexity index is 162. The molecule has 0 fully saturated rings. The maximum absolute atomic E-state index is 10.8. The molecule has 0 rings (SSSR count). The number of carbonyl (C=O) groups is 1. The SMILES string of the molecule is COC(=O)CCCN(C)CCCCCO. The van der Waals surface area contributed by atoms with Crippen LogP contribution in [0.15, 0.2) is 0 Å². The van der Waals surface area contributed by atoms with Crippen molar-refractivity contribution < 1.29 is 14.6 Å². The number of unbranched alkanes of at least 4 members (excludes halogenated alkanes) is 2. The Hall–Kier alpha value is -0.610. The van der Waals surface area contributed by atoms with Gasteiger partial charge in [0.25, 0.3) is 0 Å². The van der Waals surface area contributed by atoms with Gasteiger partial charge in [0.1, 0.15) is 0 Å². The standard InChI is InChI=1S/C11H23NO3/c1-12(8-4-3-5-10-13)9-6-7-11(14)15-2/h13H,3-10H2,1-2H3. The van der Waals surface area contributed by atoms with Crippen LogP contribution in [-0.2, 0) is 9.53 Å². The van der Waals surface area contributed by atoms with E-state index in [1.165, 1.54) is 7.11 Å². The number of rotatable bonds is 9. The summed E-state index contributed by atoms with van der Waals surface area (Å²) in [5.41, 5.74) is 0. The molecule has 0 bridgehead atoms. The average molecular weight is 217 g/mol. The number of carbonyl (C=O) groups excluding carboxylic acids is 1. The predicted octanol–water partition coefficient (Wildman–Crippen LogP) is 1.03. The number of ether oxygens (including phenoxy) is 1. The first-order valence-electron chi connectivity index (χ1n) is 5.57. The van der Waals surface area contributed by atoms with E-state index in [1.807, 2.05) is 0 Å². The fourth-order valence-corrected chi connectivity index (χ4v) is 1.38. The van der Waals surface area contributed by atoms with E-state index < -0.39 is 0 Å². The highest BCUT2D eigenvalue weighted by Gasteiger charge is 2.02. The first-order valence-corrected chi connectivity index (χ1v) is 5.57. The van der Waals surface area contributed by atoms with Gasteiger partial charge >= 0.3 is 5.97 Å². The molecule has 90 valence electrons. The van der Waals surface area contributed by atoms with Crippen molar-refractivity contribution in [3.05, 3.63) is 0 Å². The monoisotopic (exact) mass is 217 g/mol. The minimum atomic E-state index is -0.135. The fraction of sp³-hybridized carbons (Fsp3) is 0.909. The summed E-state index contributed by atoms with van der Waals surface area (Å²) in [6.07, 6.45) is 4.41. The molecule has 4 heteroatoms. The molecule has 0 amide bonds. The smallest absolute Gasteiger partial charge is 0.305 e. The summed E-state index contributed by atoms with van der Waals surface area (Å²) < 4.78 is 4.56. The second-order valence-corrected chi connectivity index (χ2v) is 3.77. The van der Waals surface area contributed by atoms with Gasteiger partial charge in [-0.05, 0) is 45.8 Å². The van der Waals surface area contributed by atoms with Gasteiger partial charge in [0.2, 0.25) is 0 Å². The van der Waals surface area contributed by atoms with Crippen molar-refractivity contribution in [2.45, 2.75) is 32.1 Å². The van der Waals surface area contributed by atoms with Crippen molar-refractivity contribution in [1.82, 2.24) is 4.90 Å². The summed E-state index contributed by atoms with van der Waals surface area (Å²) in [6, 6.07) is 0. The molecule has 0 unspecified atom stereocenters. The molecule has 0 spiro atoms. The minimum Gasteiger partial charge on any atom is -0.469 e. The molecule has 15 heavy (non-hydrogen) atoms. The predicted molar refractivity (Wildman–Crippen MR) is 59.7 cm³/mol. The first kappa shape index (κ1) is 14.4. The van der Waals surface area contributed by atoms with Crippen LogP contribution in [0.5, 0.6) is 0 Å². The summed E-state index contributed by atoms with van der Waals surface area (Å²) in [6.45, 7) is 2.24. The Morgan fingerprint density at radius 3 is 2.47 bits per heavy atom. The highest BCUT2D eigenvalue weighted by Crippen LogP contribution is 1.99. The van der Waals surface area contributed by atoms with Gasteiger partial charge in [-0.25, -0.2) is 0 Å². The van der Waals surface area contributed by atoms with Gasteiger partial charge < -0.3 is 14.7 Å². The molecule has 0 saturated carbocycles. The molecule has 0 atom stereocenters. The lowest BCUT2D eigenvalue weighted by Crippen LogP contribution is -2.21. The third-order valence-corrected chi connectivity index (χ3v) is 2.35. The first-order chi connectivity index (χ1) is 7.20. The van der Waals surface area contributed by atoms with Crippen molar-refractivity contribution in [2.75, 3.05) is 33.9 Å². The van der Waals surface area contributed by atoms with Gasteiger partial charge in [-0.3, -0.25) is 4.79 Å². The molecule has 0 aliphatic heterocycles. The zero-order chi connectivity index (χ0) is 11.5. The molecular weight excluding hydrogens is 194 g/mol. The van der Waals surface area contributed by atoms with Crippen LogP contribution in [0.1, 0.15) is 32.1 Å². The molecule has 0 heterocycles. The number of aliphatic hydroxyl groups excluding tert-OH is 1. The zero-order valence-electron chi connectivity index (χ0n) is 9.87. The van der Waals surface area contributed by atoms with Crippen LogP contribution in [0.3, 0.4) is 0 Å². The van der Waals surface area contributed by atoms with E-state index >= 15 is 0 Å². The van der Waals surface area contributed by atoms with Crippen LogP contribution in [0.25, 0.3) is 0 Å². The van der Waals surface area contributed by atoms with Gasteiger partial charge in [0.15, 0.2) is 0 Å². The van der Waals surface area contributed by atoms with Crippen LogP contribution < -0.4 is 0 Å². The van der Waals surface area contributed by atoms with Crippen LogP contribution in [0, 0.1) is 0 Å². The Morgan fingerprint density at radius 1 is 1.20 bits per heavy atom. The molecule has 0 aliphatic carbocycles. The highest BCUT2D eigenvalue weighted by molar-refractivity contribution is 5.69. The molecule has 4 nitrogen and oxygen atoms in total. The number of hydrogen-bond acceptors (Lipinski definition) is 4. The molecule has 0 aromatic carbocycles. The Labute approximate surface area is 92.2 Å². The topological polar surface area (TPSA) is 49.8 Å². The lowest BCUT2D eigenvalue weighted by atomic mass is 10.2. The van der Waals surface area contributed by atoms with E-state index in [9.17, 15) is 4.79 Å². The number of hydrogen-bond donors (Lipinski definition) is 1. The third kappa shape index (κ3) is 9.69. The fourth-order valence-electron chi connectivity index (χ4n) is 1.38. The molecule has 0 aromatic rings. The van der Waals surface area contributed by atoms with Crippen LogP contribution >= 0.6 is 0 Å². The van der Waals surface area contributed by atoms with Crippen molar-refractivity contribution >= 4 is 5.97 Å². The second kappa shape index (κ2) is 9.93. The number of nitrogens with zero attached hydrogens (tertiary/aromatic N) is 1.